The normalized spacial score (nSPS) is 20.1. The third-order valence-electron chi connectivity index (χ3n) is 5.73. The van der Waals surface area contributed by atoms with Gasteiger partial charge in [-0.2, -0.15) is 0 Å². The molecule has 2 N–H and O–H groups in total. The number of rotatable bonds is 5. The topological polar surface area (TPSA) is 108 Å². The van der Waals surface area contributed by atoms with Crippen molar-refractivity contribution in [3.05, 3.63) is 77.8 Å². The summed E-state index contributed by atoms with van der Waals surface area (Å²) in [5, 5.41) is 5.50. The monoisotopic (exact) mass is 464 g/mol. The first-order valence-electron chi connectivity index (χ1n) is 10.9. The number of nitrogens with one attached hydrogen (secondary N) is 2. The van der Waals surface area contributed by atoms with Crippen molar-refractivity contribution in [3.63, 3.8) is 0 Å². The van der Waals surface area contributed by atoms with E-state index in [1.165, 1.54) is 36.7 Å². The zero-order valence-electron chi connectivity index (χ0n) is 18.9. The molecule has 2 aromatic rings. The molecule has 0 radical (unpaired) electrons. The van der Waals surface area contributed by atoms with Crippen LogP contribution >= 0.6 is 0 Å². The highest BCUT2D eigenvalue weighted by atomic mass is 19.1. The van der Waals surface area contributed by atoms with Gasteiger partial charge >= 0.3 is 6.03 Å². The molecule has 4 rings (SSSR count). The second-order valence-electron chi connectivity index (χ2n) is 8.46. The molecule has 0 bridgehead atoms. The maximum atomic E-state index is 13.1. The summed E-state index contributed by atoms with van der Waals surface area (Å²) in [6, 6.07) is 5.20. The summed E-state index contributed by atoms with van der Waals surface area (Å²) in [4.78, 5) is 49.7. The van der Waals surface area contributed by atoms with Crippen molar-refractivity contribution in [3.8, 4) is 0 Å². The number of nitrogens with zero attached hydrogens (tertiary/aromatic N) is 4. The SMILES string of the molecule is CN1CCCN(C2=CCC(C)(NC(=O)c3nccnc3C(=O)Nc3ccc(F)cc3)C=C2)C1=O. The molecule has 4 amide bonds. The number of aromatic nitrogens is 2. The third kappa shape index (κ3) is 4.95. The van der Waals surface area contributed by atoms with Gasteiger partial charge < -0.3 is 15.5 Å². The van der Waals surface area contributed by atoms with Crippen molar-refractivity contribution in [2.75, 3.05) is 25.5 Å². The maximum absolute atomic E-state index is 13.1. The Balaban J connectivity index is 1.45. The van der Waals surface area contributed by atoms with Crippen molar-refractivity contribution in [1.29, 1.82) is 0 Å². The Morgan fingerprint density at radius 1 is 1.06 bits per heavy atom. The Morgan fingerprint density at radius 3 is 2.38 bits per heavy atom. The van der Waals surface area contributed by atoms with E-state index in [0.29, 0.717) is 18.7 Å². The summed E-state index contributed by atoms with van der Waals surface area (Å²) < 4.78 is 13.1. The standard InChI is InChI=1S/C24H25FN6O3/c1-24(10-8-18(9-11-24)31-15-3-14-30(2)23(31)34)29-22(33)20-19(26-12-13-27-20)21(32)28-17-6-4-16(25)5-7-17/h4-10,12-13H,3,11,14-15H2,1-2H3,(H,28,32)(H,29,33). The minimum Gasteiger partial charge on any atom is -0.342 e. The molecule has 0 saturated carbocycles. The van der Waals surface area contributed by atoms with Crippen molar-refractivity contribution in [1.82, 2.24) is 25.1 Å². The molecule has 1 aliphatic carbocycles. The molecular weight excluding hydrogens is 439 g/mol. The molecule has 176 valence electrons. The number of anilines is 1. The van der Waals surface area contributed by atoms with E-state index in [1.807, 2.05) is 25.2 Å². The first-order valence-corrected chi connectivity index (χ1v) is 10.9. The van der Waals surface area contributed by atoms with E-state index in [0.717, 1.165) is 18.7 Å². The third-order valence-corrected chi connectivity index (χ3v) is 5.73. The van der Waals surface area contributed by atoms with Gasteiger partial charge in [0, 0.05) is 43.9 Å². The zero-order chi connectivity index (χ0) is 24.3. The number of amides is 4. The minimum absolute atomic E-state index is 0.0499. The van der Waals surface area contributed by atoms with Gasteiger partial charge in [0.05, 0.1) is 5.54 Å². The van der Waals surface area contributed by atoms with Crippen LogP contribution in [0.2, 0.25) is 0 Å². The van der Waals surface area contributed by atoms with Crippen LogP contribution in [0.1, 0.15) is 40.7 Å². The van der Waals surface area contributed by atoms with E-state index in [1.54, 1.807) is 16.8 Å². The van der Waals surface area contributed by atoms with E-state index in [4.69, 9.17) is 0 Å². The van der Waals surface area contributed by atoms with Gasteiger partial charge in [0.2, 0.25) is 0 Å². The van der Waals surface area contributed by atoms with E-state index in [-0.39, 0.29) is 17.4 Å². The quantitative estimate of drug-likeness (QED) is 0.708. The lowest BCUT2D eigenvalue weighted by molar-refractivity contribution is 0.0904. The number of carbonyl (C=O) groups is 3. The Bertz CT molecular complexity index is 1180. The summed E-state index contributed by atoms with van der Waals surface area (Å²) in [6.45, 7) is 3.22. The Labute approximate surface area is 196 Å². The van der Waals surface area contributed by atoms with Crippen LogP contribution in [0.15, 0.2) is 60.6 Å². The smallest absolute Gasteiger partial charge is 0.324 e. The average molecular weight is 465 g/mol. The van der Waals surface area contributed by atoms with Crippen LogP contribution in [-0.2, 0) is 0 Å². The van der Waals surface area contributed by atoms with E-state index in [9.17, 15) is 18.8 Å². The first-order chi connectivity index (χ1) is 16.3. The van der Waals surface area contributed by atoms with Gasteiger partial charge in [-0.15, -0.1) is 0 Å². The highest BCUT2D eigenvalue weighted by Gasteiger charge is 2.31. The van der Waals surface area contributed by atoms with Crippen LogP contribution in [0.25, 0.3) is 0 Å². The summed E-state index contributed by atoms with van der Waals surface area (Å²) in [5.74, 6) is -1.63. The van der Waals surface area contributed by atoms with Crippen molar-refractivity contribution in [2.24, 2.45) is 0 Å². The van der Waals surface area contributed by atoms with Gasteiger partial charge in [0.1, 0.15) is 5.82 Å². The fourth-order valence-corrected chi connectivity index (χ4v) is 3.83. The highest BCUT2D eigenvalue weighted by Crippen LogP contribution is 2.25. The predicted molar refractivity (Wildman–Crippen MR) is 123 cm³/mol. The molecule has 1 saturated heterocycles. The minimum atomic E-state index is -0.743. The van der Waals surface area contributed by atoms with Crippen LogP contribution in [0.4, 0.5) is 14.9 Å². The Morgan fingerprint density at radius 2 is 1.74 bits per heavy atom. The van der Waals surface area contributed by atoms with Crippen molar-refractivity contribution >= 4 is 23.5 Å². The van der Waals surface area contributed by atoms with E-state index >= 15 is 0 Å². The molecule has 1 aromatic heterocycles. The number of urea groups is 1. The molecule has 10 heteroatoms. The molecule has 2 heterocycles. The summed E-state index contributed by atoms with van der Waals surface area (Å²) in [5.41, 5.74) is 0.140. The van der Waals surface area contributed by atoms with Crippen LogP contribution in [-0.4, -0.2) is 63.3 Å². The molecule has 1 atom stereocenters. The van der Waals surface area contributed by atoms with Crippen LogP contribution in [0, 0.1) is 5.82 Å². The fraction of sp³-hybridized carbons (Fsp3) is 0.292. The second kappa shape index (κ2) is 9.42. The molecule has 2 aliphatic rings. The van der Waals surface area contributed by atoms with Crippen LogP contribution in [0.5, 0.6) is 0 Å². The number of halogens is 1. The molecule has 1 unspecified atom stereocenters. The lowest BCUT2D eigenvalue weighted by Gasteiger charge is -2.36. The molecule has 9 nitrogen and oxygen atoms in total. The lowest BCUT2D eigenvalue weighted by Crippen LogP contribution is -2.49. The number of carbonyl (C=O) groups excluding carboxylic acids is 3. The van der Waals surface area contributed by atoms with Gasteiger partial charge in [-0.25, -0.2) is 19.2 Å². The predicted octanol–water partition coefficient (Wildman–Crippen LogP) is 2.96. The van der Waals surface area contributed by atoms with Crippen LogP contribution in [0.3, 0.4) is 0 Å². The van der Waals surface area contributed by atoms with E-state index < -0.39 is 23.2 Å². The molecule has 1 aromatic carbocycles. The molecular formula is C24H25FN6O3. The summed E-state index contributed by atoms with van der Waals surface area (Å²) in [7, 11) is 1.77. The number of benzene rings is 1. The van der Waals surface area contributed by atoms with Gasteiger partial charge in [-0.1, -0.05) is 12.2 Å². The Kier molecular flexibility index (Phi) is 6.40. The molecule has 1 fully saturated rings. The van der Waals surface area contributed by atoms with Crippen LogP contribution < -0.4 is 10.6 Å². The second-order valence-corrected chi connectivity index (χ2v) is 8.46. The summed E-state index contributed by atoms with van der Waals surface area (Å²) in [6.07, 6.45) is 9.55. The number of hydrogen-bond acceptors (Lipinski definition) is 5. The fourth-order valence-electron chi connectivity index (χ4n) is 3.83. The lowest BCUT2D eigenvalue weighted by atomic mass is 9.91. The highest BCUT2D eigenvalue weighted by molar-refractivity contribution is 6.10. The molecule has 1 aliphatic heterocycles. The van der Waals surface area contributed by atoms with Crippen molar-refractivity contribution < 1.29 is 18.8 Å². The van der Waals surface area contributed by atoms with Crippen molar-refractivity contribution in [2.45, 2.75) is 25.3 Å². The Hall–Kier alpha value is -4.08. The average Bonchev–Trinajstić information content (AvgIpc) is 2.83. The largest absolute Gasteiger partial charge is 0.342 e. The van der Waals surface area contributed by atoms with Gasteiger partial charge in [0.25, 0.3) is 11.8 Å². The number of hydrogen-bond donors (Lipinski definition) is 2. The maximum Gasteiger partial charge on any atom is 0.324 e. The van der Waals surface area contributed by atoms with E-state index in [2.05, 4.69) is 20.6 Å². The molecule has 34 heavy (non-hydrogen) atoms. The first kappa shape index (κ1) is 23.1. The zero-order valence-corrected chi connectivity index (χ0v) is 18.9. The summed E-state index contributed by atoms with van der Waals surface area (Å²) >= 11 is 0. The molecule has 0 spiro atoms. The van der Waals surface area contributed by atoms with Gasteiger partial charge in [0.15, 0.2) is 11.4 Å². The van der Waals surface area contributed by atoms with Gasteiger partial charge in [-0.3, -0.25) is 14.5 Å². The van der Waals surface area contributed by atoms with Gasteiger partial charge in [-0.05, 0) is 50.1 Å². The number of allylic oxidation sites excluding steroid dienone is 1.